The van der Waals surface area contributed by atoms with E-state index in [-0.39, 0.29) is 12.6 Å². The van der Waals surface area contributed by atoms with E-state index in [1.54, 1.807) is 6.08 Å². The van der Waals surface area contributed by atoms with Crippen molar-refractivity contribution in [3.05, 3.63) is 12.7 Å². The van der Waals surface area contributed by atoms with Crippen LogP contribution >= 0.6 is 11.6 Å². The fraction of sp³-hybridized carbons (Fsp3) is 0.700. The van der Waals surface area contributed by atoms with Crippen LogP contribution in [0.2, 0.25) is 0 Å². The molecule has 2 nitrogen and oxygen atoms in total. The summed E-state index contributed by atoms with van der Waals surface area (Å²) in [6.07, 6.45) is 6.25. The number of alkyl halides is 1. The second-order valence-electron chi connectivity index (χ2n) is 3.41. The molecule has 0 spiro atoms. The Kier molecular flexibility index (Phi) is 3.79. The molecule has 0 aromatic rings. The van der Waals surface area contributed by atoms with Gasteiger partial charge in [0, 0.05) is 0 Å². The van der Waals surface area contributed by atoms with Crippen LogP contribution in [0.5, 0.6) is 0 Å². The van der Waals surface area contributed by atoms with E-state index in [1.807, 2.05) is 0 Å². The van der Waals surface area contributed by atoms with E-state index >= 15 is 0 Å². The van der Waals surface area contributed by atoms with E-state index in [0.29, 0.717) is 0 Å². The van der Waals surface area contributed by atoms with Crippen LogP contribution in [0, 0.1) is 0 Å². The Morgan fingerprint density at radius 2 is 2.08 bits per heavy atom. The van der Waals surface area contributed by atoms with Crippen molar-refractivity contribution in [3.63, 3.8) is 0 Å². The first kappa shape index (κ1) is 10.6. The number of carbonyl (C=O) groups excluding carboxylic acids is 1. The molecule has 0 aliphatic heterocycles. The molecule has 0 amide bonds. The molecule has 0 unspecified atom stereocenters. The Balaban J connectivity index is 2.46. The van der Waals surface area contributed by atoms with Crippen LogP contribution in [0.1, 0.15) is 32.1 Å². The lowest BCUT2D eigenvalue weighted by Crippen LogP contribution is -2.36. The minimum atomic E-state index is -0.749. The highest BCUT2D eigenvalue weighted by molar-refractivity contribution is 6.34. The molecule has 13 heavy (non-hydrogen) atoms. The minimum absolute atomic E-state index is 0.257. The first-order valence-electron chi connectivity index (χ1n) is 4.66. The zero-order chi connectivity index (χ0) is 9.73. The van der Waals surface area contributed by atoms with Crippen LogP contribution < -0.4 is 0 Å². The standard InChI is InChI=1S/C10H15ClO2/c1-2-8-13-9(12)10(11)6-4-3-5-7-10/h2H,1,3-8H2. The summed E-state index contributed by atoms with van der Waals surface area (Å²) < 4.78 is 4.94. The number of esters is 1. The molecule has 1 rings (SSSR count). The van der Waals surface area contributed by atoms with Gasteiger partial charge in [-0.05, 0) is 12.8 Å². The summed E-state index contributed by atoms with van der Waals surface area (Å²) >= 11 is 6.15. The lowest BCUT2D eigenvalue weighted by Gasteiger charge is -2.28. The first-order chi connectivity index (χ1) is 6.19. The second-order valence-corrected chi connectivity index (χ2v) is 4.14. The molecular formula is C10H15ClO2. The molecule has 0 radical (unpaired) electrons. The monoisotopic (exact) mass is 202 g/mol. The SMILES string of the molecule is C=CCOC(=O)C1(Cl)CCCCC1. The van der Waals surface area contributed by atoms with E-state index in [9.17, 15) is 4.79 Å². The fourth-order valence-electron chi connectivity index (χ4n) is 1.58. The molecule has 74 valence electrons. The Hall–Kier alpha value is -0.500. The zero-order valence-corrected chi connectivity index (χ0v) is 8.48. The predicted octanol–water partition coefficient (Wildman–Crippen LogP) is 2.66. The van der Waals surface area contributed by atoms with Crippen molar-refractivity contribution < 1.29 is 9.53 Å². The maximum absolute atomic E-state index is 11.5. The largest absolute Gasteiger partial charge is 0.460 e. The number of carbonyl (C=O) groups is 1. The molecule has 0 aromatic heterocycles. The number of rotatable bonds is 3. The van der Waals surface area contributed by atoms with E-state index < -0.39 is 4.87 Å². The van der Waals surface area contributed by atoms with Crippen LogP contribution in [-0.2, 0) is 9.53 Å². The van der Waals surface area contributed by atoms with Crippen LogP contribution in [0.3, 0.4) is 0 Å². The van der Waals surface area contributed by atoms with Crippen molar-refractivity contribution >= 4 is 17.6 Å². The summed E-state index contributed by atoms with van der Waals surface area (Å²) in [5, 5.41) is 0. The average Bonchev–Trinajstić information content (AvgIpc) is 2.15. The Morgan fingerprint density at radius 3 is 2.62 bits per heavy atom. The highest BCUT2D eigenvalue weighted by Gasteiger charge is 2.38. The third-order valence-corrected chi connectivity index (χ3v) is 2.88. The molecule has 0 aromatic carbocycles. The second kappa shape index (κ2) is 4.66. The molecule has 3 heteroatoms. The first-order valence-corrected chi connectivity index (χ1v) is 5.04. The van der Waals surface area contributed by atoms with Crippen LogP contribution in [0.25, 0.3) is 0 Å². The maximum atomic E-state index is 11.5. The van der Waals surface area contributed by atoms with Gasteiger partial charge in [0.25, 0.3) is 0 Å². The minimum Gasteiger partial charge on any atom is -0.460 e. The van der Waals surface area contributed by atoms with Gasteiger partial charge >= 0.3 is 5.97 Å². The molecule has 1 aliphatic carbocycles. The van der Waals surface area contributed by atoms with Crippen LogP contribution in [0.15, 0.2) is 12.7 Å². The van der Waals surface area contributed by atoms with Gasteiger partial charge in [-0.1, -0.05) is 31.9 Å². The normalized spacial score (nSPS) is 20.7. The quantitative estimate of drug-likeness (QED) is 0.400. The Morgan fingerprint density at radius 1 is 1.46 bits per heavy atom. The van der Waals surface area contributed by atoms with Crippen molar-refractivity contribution in [2.75, 3.05) is 6.61 Å². The number of halogens is 1. The molecule has 1 fully saturated rings. The summed E-state index contributed by atoms with van der Waals surface area (Å²) in [7, 11) is 0. The predicted molar refractivity (Wildman–Crippen MR) is 52.8 cm³/mol. The smallest absolute Gasteiger partial charge is 0.327 e. The summed E-state index contributed by atoms with van der Waals surface area (Å²) in [5.41, 5.74) is 0. The van der Waals surface area contributed by atoms with Crippen molar-refractivity contribution in [2.45, 2.75) is 37.0 Å². The summed E-state index contributed by atoms with van der Waals surface area (Å²) in [4.78, 5) is 10.7. The molecule has 0 N–H and O–H groups in total. The van der Waals surface area contributed by atoms with Gasteiger partial charge in [0.05, 0.1) is 0 Å². The average molecular weight is 203 g/mol. The van der Waals surface area contributed by atoms with Crippen LogP contribution in [-0.4, -0.2) is 17.5 Å². The van der Waals surface area contributed by atoms with Gasteiger partial charge in [-0.2, -0.15) is 0 Å². The topological polar surface area (TPSA) is 26.3 Å². The summed E-state index contributed by atoms with van der Waals surface area (Å²) in [6, 6.07) is 0. The molecule has 0 bridgehead atoms. The highest BCUT2D eigenvalue weighted by atomic mass is 35.5. The van der Waals surface area contributed by atoms with Gasteiger partial charge in [-0.15, -0.1) is 11.6 Å². The Labute approximate surface area is 83.9 Å². The zero-order valence-electron chi connectivity index (χ0n) is 7.72. The van der Waals surface area contributed by atoms with Crippen molar-refractivity contribution in [2.24, 2.45) is 0 Å². The number of hydrogen-bond donors (Lipinski definition) is 0. The summed E-state index contributed by atoms with van der Waals surface area (Å²) in [5.74, 6) is -0.284. The lowest BCUT2D eigenvalue weighted by atomic mass is 9.88. The van der Waals surface area contributed by atoms with Gasteiger partial charge in [0.1, 0.15) is 11.5 Å². The van der Waals surface area contributed by atoms with E-state index in [2.05, 4.69) is 6.58 Å². The number of hydrogen-bond acceptors (Lipinski definition) is 2. The van der Waals surface area contributed by atoms with Crippen molar-refractivity contribution in [1.82, 2.24) is 0 Å². The van der Waals surface area contributed by atoms with Gasteiger partial charge in [0.2, 0.25) is 0 Å². The highest BCUT2D eigenvalue weighted by Crippen LogP contribution is 2.35. The maximum Gasteiger partial charge on any atom is 0.327 e. The molecule has 0 saturated heterocycles. The van der Waals surface area contributed by atoms with Gasteiger partial charge < -0.3 is 4.74 Å². The molecule has 0 atom stereocenters. The summed E-state index contributed by atoms with van der Waals surface area (Å²) in [6.45, 7) is 3.74. The van der Waals surface area contributed by atoms with Gasteiger partial charge in [0.15, 0.2) is 0 Å². The number of ether oxygens (including phenoxy) is 1. The van der Waals surface area contributed by atoms with Crippen molar-refractivity contribution in [3.8, 4) is 0 Å². The molecular weight excluding hydrogens is 188 g/mol. The van der Waals surface area contributed by atoms with E-state index in [1.165, 1.54) is 6.42 Å². The molecule has 1 aliphatic rings. The van der Waals surface area contributed by atoms with Crippen molar-refractivity contribution in [1.29, 1.82) is 0 Å². The van der Waals surface area contributed by atoms with Crippen LogP contribution in [0.4, 0.5) is 0 Å². The fourth-order valence-corrected chi connectivity index (χ4v) is 1.90. The van der Waals surface area contributed by atoms with Gasteiger partial charge in [-0.25, -0.2) is 0 Å². The van der Waals surface area contributed by atoms with E-state index in [0.717, 1.165) is 25.7 Å². The lowest BCUT2D eigenvalue weighted by molar-refractivity contribution is -0.146. The Bertz CT molecular complexity index is 195. The molecule has 0 heterocycles. The van der Waals surface area contributed by atoms with E-state index in [4.69, 9.17) is 16.3 Å². The van der Waals surface area contributed by atoms with Gasteiger partial charge in [-0.3, -0.25) is 4.79 Å². The molecule has 1 saturated carbocycles. The third-order valence-electron chi connectivity index (χ3n) is 2.34. The third kappa shape index (κ3) is 2.73.